The largest absolute Gasteiger partial charge is 0.356 e. The normalized spacial score (nSPS) is 16.8. The number of amides is 1. The molecule has 1 saturated heterocycles. The van der Waals surface area contributed by atoms with Crippen LogP contribution in [0.3, 0.4) is 0 Å². The molecule has 0 radical (unpaired) electrons. The third-order valence-electron chi connectivity index (χ3n) is 4.99. The fourth-order valence-electron chi connectivity index (χ4n) is 3.47. The first-order valence-corrected chi connectivity index (χ1v) is 8.70. The van der Waals surface area contributed by atoms with Crippen molar-refractivity contribution in [3.05, 3.63) is 63.3 Å². The highest BCUT2D eigenvalue weighted by molar-refractivity contribution is 5.92. The molecule has 1 aliphatic heterocycles. The lowest BCUT2D eigenvalue weighted by Gasteiger charge is -2.21. The number of anilines is 1. The van der Waals surface area contributed by atoms with E-state index in [4.69, 9.17) is 0 Å². The summed E-state index contributed by atoms with van der Waals surface area (Å²) >= 11 is 0. The molecular weight excluding hydrogens is 348 g/mol. The molecule has 0 aliphatic carbocycles. The zero-order valence-corrected chi connectivity index (χ0v) is 15.1. The molecule has 0 unspecified atom stereocenters. The topological polar surface area (TPSA) is 93.6 Å². The van der Waals surface area contributed by atoms with E-state index < -0.39 is 0 Å². The number of carbonyl (C=O) groups is 1. The smallest absolute Gasteiger partial charge is 0.332 e. The second kappa shape index (κ2) is 6.42. The minimum atomic E-state index is -0.367. The molecular formula is C18H20N6O3. The van der Waals surface area contributed by atoms with Gasteiger partial charge in [0.1, 0.15) is 5.82 Å². The minimum absolute atomic E-state index is 0.0901. The first kappa shape index (κ1) is 17.1. The second-order valence-electron chi connectivity index (χ2n) is 6.72. The standard InChI is InChI=1S/C18H20N6O3/c1-21-14(9-15(25)22(2)18(21)27)23-8-6-12(11-23)20-17(26)16-19-10-13-5-3-4-7-24(13)16/h3-5,7,9-10,12H,6,8,11H2,1-2H3,(H,20,26)/t12-/m0/s1. The Balaban J connectivity index is 1.51. The molecule has 140 valence electrons. The molecule has 0 saturated carbocycles. The molecule has 1 aliphatic rings. The van der Waals surface area contributed by atoms with Gasteiger partial charge in [0.25, 0.3) is 11.5 Å². The maximum absolute atomic E-state index is 12.6. The Morgan fingerprint density at radius 2 is 2.04 bits per heavy atom. The summed E-state index contributed by atoms with van der Waals surface area (Å²) in [4.78, 5) is 42.8. The van der Waals surface area contributed by atoms with Crippen LogP contribution < -0.4 is 21.5 Å². The highest BCUT2D eigenvalue weighted by Crippen LogP contribution is 2.17. The van der Waals surface area contributed by atoms with Crippen LogP contribution in [-0.4, -0.2) is 43.6 Å². The van der Waals surface area contributed by atoms with Crippen molar-refractivity contribution < 1.29 is 4.79 Å². The average Bonchev–Trinajstić information content (AvgIpc) is 3.30. The summed E-state index contributed by atoms with van der Waals surface area (Å²) in [6, 6.07) is 6.99. The predicted molar refractivity (Wildman–Crippen MR) is 100 cm³/mol. The molecule has 1 atom stereocenters. The van der Waals surface area contributed by atoms with Crippen LogP contribution in [0.15, 0.2) is 46.2 Å². The summed E-state index contributed by atoms with van der Waals surface area (Å²) in [6.45, 7) is 1.17. The van der Waals surface area contributed by atoms with Gasteiger partial charge in [0.2, 0.25) is 5.82 Å². The summed E-state index contributed by atoms with van der Waals surface area (Å²) in [7, 11) is 3.09. The summed E-state index contributed by atoms with van der Waals surface area (Å²) < 4.78 is 4.27. The molecule has 3 aromatic heterocycles. The van der Waals surface area contributed by atoms with Crippen LogP contribution in [0.2, 0.25) is 0 Å². The molecule has 9 nitrogen and oxygen atoms in total. The maximum Gasteiger partial charge on any atom is 0.332 e. The van der Waals surface area contributed by atoms with Crippen molar-refractivity contribution >= 4 is 17.2 Å². The van der Waals surface area contributed by atoms with Crippen LogP contribution in [0.5, 0.6) is 0 Å². The van der Waals surface area contributed by atoms with E-state index in [1.54, 1.807) is 23.8 Å². The number of aromatic nitrogens is 4. The fourth-order valence-corrected chi connectivity index (χ4v) is 3.47. The number of pyridine rings is 1. The Morgan fingerprint density at radius 3 is 2.85 bits per heavy atom. The van der Waals surface area contributed by atoms with Gasteiger partial charge in [0.15, 0.2) is 0 Å². The molecule has 4 rings (SSSR count). The second-order valence-corrected chi connectivity index (χ2v) is 6.72. The quantitative estimate of drug-likeness (QED) is 0.688. The Bertz CT molecular complexity index is 1140. The molecule has 3 aromatic rings. The Hall–Kier alpha value is -3.36. The zero-order chi connectivity index (χ0) is 19.1. The number of nitrogens with zero attached hydrogens (tertiary/aromatic N) is 5. The van der Waals surface area contributed by atoms with Gasteiger partial charge < -0.3 is 10.2 Å². The summed E-state index contributed by atoms with van der Waals surface area (Å²) in [5, 5.41) is 3.00. The number of hydrogen-bond acceptors (Lipinski definition) is 5. The number of rotatable bonds is 3. The van der Waals surface area contributed by atoms with Crippen molar-refractivity contribution in [2.45, 2.75) is 12.5 Å². The van der Waals surface area contributed by atoms with Gasteiger partial charge >= 0.3 is 5.69 Å². The maximum atomic E-state index is 12.6. The van der Waals surface area contributed by atoms with Crippen molar-refractivity contribution in [1.29, 1.82) is 0 Å². The van der Waals surface area contributed by atoms with E-state index in [0.29, 0.717) is 24.7 Å². The third-order valence-corrected chi connectivity index (χ3v) is 4.99. The molecule has 0 spiro atoms. The van der Waals surface area contributed by atoms with E-state index in [0.717, 1.165) is 16.5 Å². The monoisotopic (exact) mass is 368 g/mol. The molecule has 0 bridgehead atoms. The van der Waals surface area contributed by atoms with Crippen LogP contribution in [-0.2, 0) is 14.1 Å². The van der Waals surface area contributed by atoms with Crippen molar-refractivity contribution in [3.8, 4) is 0 Å². The SMILES string of the molecule is Cn1c(N2CC[C@H](NC(=O)c3ncc4ccccn34)C2)cc(=O)n(C)c1=O. The Labute approximate surface area is 154 Å². The fraction of sp³-hybridized carbons (Fsp3) is 0.333. The van der Waals surface area contributed by atoms with Crippen molar-refractivity contribution in [3.63, 3.8) is 0 Å². The van der Waals surface area contributed by atoms with E-state index in [-0.39, 0.29) is 23.2 Å². The van der Waals surface area contributed by atoms with Gasteiger partial charge in [-0.1, -0.05) is 6.07 Å². The third kappa shape index (κ3) is 2.90. The number of imidazole rings is 1. The first-order chi connectivity index (χ1) is 13.0. The Kier molecular flexibility index (Phi) is 4.06. The van der Waals surface area contributed by atoms with E-state index in [1.165, 1.54) is 17.7 Å². The predicted octanol–water partition coefficient (Wildman–Crippen LogP) is -0.260. The number of hydrogen-bond donors (Lipinski definition) is 1. The van der Waals surface area contributed by atoms with Crippen molar-refractivity contribution in [2.75, 3.05) is 18.0 Å². The van der Waals surface area contributed by atoms with Crippen LogP contribution in [0.1, 0.15) is 17.0 Å². The van der Waals surface area contributed by atoms with Gasteiger partial charge in [-0.3, -0.25) is 23.1 Å². The lowest BCUT2D eigenvalue weighted by atomic mass is 10.2. The molecule has 27 heavy (non-hydrogen) atoms. The minimum Gasteiger partial charge on any atom is -0.356 e. The Morgan fingerprint density at radius 1 is 1.22 bits per heavy atom. The van der Waals surface area contributed by atoms with Crippen LogP contribution in [0, 0.1) is 0 Å². The lowest BCUT2D eigenvalue weighted by molar-refractivity contribution is 0.0929. The van der Waals surface area contributed by atoms with E-state index in [2.05, 4.69) is 10.3 Å². The number of carbonyl (C=O) groups excluding carboxylic acids is 1. The molecule has 1 amide bonds. The lowest BCUT2D eigenvalue weighted by Crippen LogP contribution is -2.41. The zero-order valence-electron chi connectivity index (χ0n) is 15.1. The van der Waals surface area contributed by atoms with Gasteiger partial charge in [0, 0.05) is 45.5 Å². The first-order valence-electron chi connectivity index (χ1n) is 8.70. The van der Waals surface area contributed by atoms with Crippen LogP contribution >= 0.6 is 0 Å². The van der Waals surface area contributed by atoms with Crippen molar-refractivity contribution in [1.82, 2.24) is 23.8 Å². The summed E-state index contributed by atoms with van der Waals surface area (Å²) in [6.07, 6.45) is 4.18. The molecule has 0 aromatic carbocycles. The van der Waals surface area contributed by atoms with Crippen LogP contribution in [0.25, 0.3) is 5.52 Å². The van der Waals surface area contributed by atoms with Gasteiger partial charge in [-0.2, -0.15) is 0 Å². The van der Waals surface area contributed by atoms with Crippen molar-refractivity contribution in [2.24, 2.45) is 14.1 Å². The number of fused-ring (bicyclic) bond motifs is 1. The molecule has 4 heterocycles. The van der Waals surface area contributed by atoms with Gasteiger partial charge in [-0.25, -0.2) is 9.78 Å². The summed E-state index contributed by atoms with van der Waals surface area (Å²) in [5.74, 6) is 0.655. The highest BCUT2D eigenvalue weighted by atomic mass is 16.2. The molecule has 1 N–H and O–H groups in total. The average molecular weight is 368 g/mol. The van der Waals surface area contributed by atoms with Gasteiger partial charge in [-0.05, 0) is 18.6 Å². The summed E-state index contributed by atoms with van der Waals surface area (Å²) in [5.41, 5.74) is 0.143. The van der Waals surface area contributed by atoms with Crippen LogP contribution in [0.4, 0.5) is 5.82 Å². The molecule has 9 heteroatoms. The highest BCUT2D eigenvalue weighted by Gasteiger charge is 2.27. The molecule has 1 fully saturated rings. The number of nitrogens with one attached hydrogen (secondary N) is 1. The van der Waals surface area contributed by atoms with Gasteiger partial charge in [-0.15, -0.1) is 0 Å². The van der Waals surface area contributed by atoms with E-state index >= 15 is 0 Å². The van der Waals surface area contributed by atoms with E-state index in [9.17, 15) is 14.4 Å². The van der Waals surface area contributed by atoms with E-state index in [1.807, 2.05) is 23.1 Å². The van der Waals surface area contributed by atoms with Gasteiger partial charge in [0.05, 0.1) is 11.7 Å².